The average molecular weight is 330 g/mol. The molecule has 2 amide bonds. The van der Waals surface area contributed by atoms with E-state index >= 15 is 0 Å². The van der Waals surface area contributed by atoms with Crippen LogP contribution in [-0.4, -0.2) is 35.7 Å². The second kappa shape index (κ2) is 8.02. The molecular weight excluding hydrogens is 300 g/mol. The largest absolute Gasteiger partial charge is 0.393 e. The van der Waals surface area contributed by atoms with Crippen molar-refractivity contribution >= 4 is 6.03 Å². The monoisotopic (exact) mass is 330 g/mol. The molecule has 1 atom stereocenters. The molecule has 0 radical (unpaired) electrons. The van der Waals surface area contributed by atoms with E-state index in [4.69, 9.17) is 0 Å². The Morgan fingerprint density at radius 1 is 1.21 bits per heavy atom. The van der Waals surface area contributed by atoms with E-state index in [1.54, 1.807) is 4.90 Å². The van der Waals surface area contributed by atoms with Gasteiger partial charge < -0.3 is 15.3 Å². The van der Waals surface area contributed by atoms with Crippen molar-refractivity contribution in [3.8, 4) is 0 Å². The van der Waals surface area contributed by atoms with E-state index in [2.05, 4.69) is 17.4 Å². The molecule has 2 aliphatic rings. The van der Waals surface area contributed by atoms with Gasteiger partial charge in [-0.3, -0.25) is 0 Å². The minimum atomic E-state index is -0.161. The van der Waals surface area contributed by atoms with E-state index in [1.165, 1.54) is 31.2 Å². The number of rotatable bonds is 6. The summed E-state index contributed by atoms with van der Waals surface area (Å²) in [5.41, 5.74) is 1.20. The fourth-order valence-corrected chi connectivity index (χ4v) is 4.12. The number of urea groups is 1. The summed E-state index contributed by atoms with van der Waals surface area (Å²) in [7, 11) is 1.86. The lowest BCUT2D eigenvalue weighted by Gasteiger charge is -2.35. The quantitative estimate of drug-likeness (QED) is 0.835. The Labute approximate surface area is 145 Å². The van der Waals surface area contributed by atoms with E-state index in [9.17, 15) is 9.90 Å². The van der Waals surface area contributed by atoms with Crippen LogP contribution < -0.4 is 5.32 Å². The zero-order valence-corrected chi connectivity index (χ0v) is 14.7. The van der Waals surface area contributed by atoms with Gasteiger partial charge >= 0.3 is 6.03 Å². The van der Waals surface area contributed by atoms with Crippen LogP contribution in [0.25, 0.3) is 0 Å². The van der Waals surface area contributed by atoms with Crippen LogP contribution >= 0.6 is 0 Å². The van der Waals surface area contributed by atoms with Gasteiger partial charge in [-0.15, -0.1) is 0 Å². The van der Waals surface area contributed by atoms with Crippen molar-refractivity contribution < 1.29 is 9.90 Å². The second-order valence-corrected chi connectivity index (χ2v) is 7.67. The van der Waals surface area contributed by atoms with Crippen molar-refractivity contribution in [1.82, 2.24) is 10.2 Å². The molecule has 24 heavy (non-hydrogen) atoms. The van der Waals surface area contributed by atoms with Gasteiger partial charge in [0.25, 0.3) is 0 Å². The lowest BCUT2D eigenvalue weighted by atomic mass is 9.82. The first-order valence-electron chi connectivity index (χ1n) is 9.36. The van der Waals surface area contributed by atoms with Gasteiger partial charge in [0.05, 0.1) is 12.1 Å². The molecule has 0 aliphatic heterocycles. The summed E-state index contributed by atoms with van der Waals surface area (Å²) in [6, 6.07) is 10.4. The number of hydrogen-bond donors (Lipinski definition) is 2. The maximum Gasteiger partial charge on any atom is 0.317 e. The Kier molecular flexibility index (Phi) is 5.77. The molecule has 2 aliphatic carbocycles. The van der Waals surface area contributed by atoms with E-state index in [0.29, 0.717) is 5.92 Å². The van der Waals surface area contributed by atoms with E-state index < -0.39 is 0 Å². The van der Waals surface area contributed by atoms with Gasteiger partial charge in [0.1, 0.15) is 0 Å². The van der Waals surface area contributed by atoms with Crippen LogP contribution in [0.1, 0.15) is 56.6 Å². The van der Waals surface area contributed by atoms with Crippen LogP contribution in [0, 0.1) is 11.8 Å². The van der Waals surface area contributed by atoms with Gasteiger partial charge in [-0.2, -0.15) is 0 Å². The summed E-state index contributed by atoms with van der Waals surface area (Å²) in [5, 5.41) is 12.7. The molecule has 4 heteroatoms. The first kappa shape index (κ1) is 17.3. The molecule has 2 fully saturated rings. The minimum absolute atomic E-state index is 0.00300. The number of aliphatic hydroxyl groups is 1. The predicted molar refractivity (Wildman–Crippen MR) is 95.7 cm³/mol. The summed E-state index contributed by atoms with van der Waals surface area (Å²) in [4.78, 5) is 14.4. The second-order valence-electron chi connectivity index (χ2n) is 7.67. The first-order valence-corrected chi connectivity index (χ1v) is 9.36. The van der Waals surface area contributed by atoms with Crippen molar-refractivity contribution in [2.75, 3.05) is 13.6 Å². The third kappa shape index (κ3) is 4.50. The maximum absolute atomic E-state index is 12.6. The molecule has 1 aromatic carbocycles. The normalized spacial score (nSPS) is 25.1. The lowest BCUT2D eigenvalue weighted by Crippen LogP contribution is -2.45. The van der Waals surface area contributed by atoms with Crippen molar-refractivity contribution in [3.05, 3.63) is 35.9 Å². The standard InChI is InChI=1S/C20H30N2O2/c1-22(14-16-11-18(23)12-16)20(24)21-19(13-15-7-5-6-8-15)17-9-3-2-4-10-17/h2-4,9-10,15-16,18-19,23H,5-8,11-14H2,1H3,(H,21,24). The molecule has 2 N–H and O–H groups in total. The highest BCUT2D eigenvalue weighted by Gasteiger charge is 2.30. The van der Waals surface area contributed by atoms with Crippen molar-refractivity contribution in [2.24, 2.45) is 11.8 Å². The summed E-state index contributed by atoms with van der Waals surface area (Å²) in [6.45, 7) is 0.730. The third-order valence-electron chi connectivity index (χ3n) is 5.63. The predicted octanol–water partition coefficient (Wildman–Crippen LogP) is 3.72. The maximum atomic E-state index is 12.6. The SMILES string of the molecule is CN(CC1CC(O)C1)C(=O)NC(CC1CCCC1)c1ccccc1. The zero-order chi connectivity index (χ0) is 16.9. The van der Waals surface area contributed by atoms with Gasteiger partial charge in [0, 0.05) is 13.6 Å². The number of aliphatic hydroxyl groups excluding tert-OH is 1. The number of hydrogen-bond acceptors (Lipinski definition) is 2. The van der Waals surface area contributed by atoms with Crippen LogP contribution in [0.2, 0.25) is 0 Å². The summed E-state index contributed by atoms with van der Waals surface area (Å²) >= 11 is 0. The van der Waals surface area contributed by atoms with Crippen molar-refractivity contribution in [2.45, 2.75) is 57.1 Å². The number of amides is 2. The van der Waals surface area contributed by atoms with E-state index in [-0.39, 0.29) is 18.2 Å². The third-order valence-corrected chi connectivity index (χ3v) is 5.63. The van der Waals surface area contributed by atoms with Gasteiger partial charge in [-0.1, -0.05) is 56.0 Å². The van der Waals surface area contributed by atoms with Gasteiger partial charge in [0.15, 0.2) is 0 Å². The van der Waals surface area contributed by atoms with Gasteiger partial charge in [-0.25, -0.2) is 4.79 Å². The Morgan fingerprint density at radius 2 is 1.88 bits per heavy atom. The molecule has 1 unspecified atom stereocenters. The highest BCUT2D eigenvalue weighted by Crippen LogP contribution is 2.33. The van der Waals surface area contributed by atoms with Crippen LogP contribution in [0.3, 0.4) is 0 Å². The number of benzene rings is 1. The van der Waals surface area contributed by atoms with Gasteiger partial charge in [0.2, 0.25) is 0 Å². The van der Waals surface area contributed by atoms with Crippen LogP contribution in [0.15, 0.2) is 30.3 Å². The summed E-state index contributed by atoms with van der Waals surface area (Å²) in [5.74, 6) is 1.17. The summed E-state index contributed by atoms with van der Waals surface area (Å²) in [6.07, 6.45) is 7.74. The first-order chi connectivity index (χ1) is 11.6. The number of nitrogens with one attached hydrogen (secondary N) is 1. The average Bonchev–Trinajstić information content (AvgIpc) is 3.06. The Morgan fingerprint density at radius 3 is 2.50 bits per heavy atom. The molecule has 0 heterocycles. The molecule has 0 saturated heterocycles. The Bertz CT molecular complexity index is 522. The number of nitrogens with zero attached hydrogens (tertiary/aromatic N) is 1. The van der Waals surface area contributed by atoms with E-state index in [1.807, 2.05) is 25.2 Å². The molecule has 4 nitrogen and oxygen atoms in total. The molecule has 132 valence electrons. The molecule has 2 saturated carbocycles. The number of carbonyl (C=O) groups is 1. The Balaban J connectivity index is 1.58. The smallest absolute Gasteiger partial charge is 0.317 e. The van der Waals surface area contributed by atoms with Crippen LogP contribution in [-0.2, 0) is 0 Å². The van der Waals surface area contributed by atoms with Gasteiger partial charge in [-0.05, 0) is 36.7 Å². The van der Waals surface area contributed by atoms with Crippen LogP contribution in [0.4, 0.5) is 4.79 Å². The van der Waals surface area contributed by atoms with Crippen LogP contribution in [0.5, 0.6) is 0 Å². The minimum Gasteiger partial charge on any atom is -0.393 e. The zero-order valence-electron chi connectivity index (χ0n) is 14.7. The highest BCUT2D eigenvalue weighted by atomic mass is 16.3. The van der Waals surface area contributed by atoms with E-state index in [0.717, 1.165) is 31.7 Å². The molecular formula is C20H30N2O2. The lowest BCUT2D eigenvalue weighted by molar-refractivity contribution is 0.0323. The Hall–Kier alpha value is -1.55. The molecule has 1 aromatic rings. The molecule has 3 rings (SSSR count). The summed E-state index contributed by atoms with van der Waals surface area (Å²) < 4.78 is 0. The molecule has 0 aromatic heterocycles. The molecule has 0 bridgehead atoms. The fraction of sp³-hybridized carbons (Fsp3) is 0.650. The number of carbonyl (C=O) groups excluding carboxylic acids is 1. The van der Waals surface area contributed by atoms with Crippen molar-refractivity contribution in [3.63, 3.8) is 0 Å². The highest BCUT2D eigenvalue weighted by molar-refractivity contribution is 5.74. The van der Waals surface area contributed by atoms with Crippen molar-refractivity contribution in [1.29, 1.82) is 0 Å². The molecule has 0 spiro atoms. The topological polar surface area (TPSA) is 52.6 Å². The fourth-order valence-electron chi connectivity index (χ4n) is 4.12.